The Labute approximate surface area is 154 Å². The van der Waals surface area contributed by atoms with Gasteiger partial charge in [-0.1, -0.05) is 25.1 Å². The molecule has 1 aliphatic carbocycles. The van der Waals surface area contributed by atoms with Crippen molar-refractivity contribution in [1.29, 1.82) is 0 Å². The van der Waals surface area contributed by atoms with Crippen LogP contribution in [-0.2, 0) is 30.6 Å². The third-order valence-electron chi connectivity index (χ3n) is 5.04. The number of carboxylic acid groups (broad SMARTS) is 1. The van der Waals surface area contributed by atoms with Crippen molar-refractivity contribution in [1.82, 2.24) is 9.55 Å². The first-order chi connectivity index (χ1) is 12.6. The first-order valence-electron chi connectivity index (χ1n) is 8.93. The largest absolute Gasteiger partial charge is 0.480 e. The minimum Gasteiger partial charge on any atom is -0.480 e. The second-order valence-electron chi connectivity index (χ2n) is 6.69. The summed E-state index contributed by atoms with van der Waals surface area (Å²) in [7, 11) is 0. The highest BCUT2D eigenvalue weighted by atomic mass is 32.1. The van der Waals surface area contributed by atoms with Crippen LogP contribution in [0.2, 0.25) is 0 Å². The number of nitrogens with zero attached hydrogens (tertiary/aromatic N) is 2. The van der Waals surface area contributed by atoms with Crippen LogP contribution in [-0.4, -0.2) is 20.6 Å². The maximum Gasteiger partial charge on any atom is 0.323 e. The number of hydrogen-bond donors (Lipinski definition) is 1. The summed E-state index contributed by atoms with van der Waals surface area (Å²) in [6, 6.07) is 6.42. The summed E-state index contributed by atoms with van der Waals surface area (Å²) < 4.78 is 1.29. The highest BCUT2D eigenvalue weighted by Crippen LogP contribution is 2.33. The standard InChI is InChI=1S/C20H20N2O3S/c1-2-16-21-19-18(20(25)22(16)10-17(23)24)15(11-26-19)14-8-7-12-5-3-4-6-13(12)9-14/h7-9,11H,2-6,10H2,1H3,(H,23,24). The maximum atomic E-state index is 13.1. The van der Waals surface area contributed by atoms with Crippen LogP contribution >= 0.6 is 11.3 Å². The molecule has 0 saturated heterocycles. The molecular weight excluding hydrogens is 348 g/mol. The number of aliphatic carboxylic acids is 1. The number of benzene rings is 1. The molecule has 0 aliphatic heterocycles. The molecule has 1 aliphatic rings. The first-order valence-corrected chi connectivity index (χ1v) is 9.81. The Bertz CT molecular complexity index is 1060. The van der Waals surface area contributed by atoms with Gasteiger partial charge in [0.2, 0.25) is 0 Å². The van der Waals surface area contributed by atoms with Gasteiger partial charge in [0.15, 0.2) is 0 Å². The number of carbonyl (C=O) groups is 1. The quantitative estimate of drug-likeness (QED) is 0.763. The Morgan fingerprint density at radius 3 is 2.77 bits per heavy atom. The van der Waals surface area contributed by atoms with Gasteiger partial charge in [-0.05, 0) is 42.4 Å². The first kappa shape index (κ1) is 17.0. The summed E-state index contributed by atoms with van der Waals surface area (Å²) in [5, 5.41) is 11.7. The molecule has 4 rings (SSSR count). The monoisotopic (exact) mass is 368 g/mol. The lowest BCUT2D eigenvalue weighted by Gasteiger charge is -2.16. The number of fused-ring (bicyclic) bond motifs is 2. The van der Waals surface area contributed by atoms with Gasteiger partial charge in [0.25, 0.3) is 5.56 Å². The van der Waals surface area contributed by atoms with Crippen LogP contribution in [0.4, 0.5) is 0 Å². The van der Waals surface area contributed by atoms with Crippen molar-refractivity contribution in [2.45, 2.75) is 45.6 Å². The molecular formula is C20H20N2O3S. The van der Waals surface area contributed by atoms with Gasteiger partial charge in [-0.15, -0.1) is 11.3 Å². The van der Waals surface area contributed by atoms with E-state index in [1.807, 2.05) is 12.3 Å². The minimum absolute atomic E-state index is 0.261. The van der Waals surface area contributed by atoms with Crippen LogP contribution < -0.4 is 5.56 Å². The lowest BCUT2D eigenvalue weighted by molar-refractivity contribution is -0.137. The number of thiophene rings is 1. The second-order valence-corrected chi connectivity index (χ2v) is 7.54. The molecule has 2 aromatic heterocycles. The molecule has 0 saturated carbocycles. The van der Waals surface area contributed by atoms with Gasteiger partial charge in [0.05, 0.1) is 5.39 Å². The van der Waals surface area contributed by atoms with E-state index < -0.39 is 5.97 Å². The Balaban J connectivity index is 1.91. The van der Waals surface area contributed by atoms with Crippen molar-refractivity contribution >= 4 is 27.5 Å². The number of rotatable bonds is 4. The highest BCUT2D eigenvalue weighted by molar-refractivity contribution is 7.17. The molecule has 6 heteroatoms. The van der Waals surface area contributed by atoms with Gasteiger partial charge in [-0.25, -0.2) is 4.98 Å². The van der Waals surface area contributed by atoms with E-state index in [1.165, 1.54) is 39.9 Å². The number of aryl methyl sites for hydroxylation is 3. The summed E-state index contributed by atoms with van der Waals surface area (Å²) in [5.74, 6) is -0.516. The van der Waals surface area contributed by atoms with E-state index in [0.717, 1.165) is 24.0 Å². The van der Waals surface area contributed by atoms with Crippen LogP contribution in [0.5, 0.6) is 0 Å². The summed E-state index contributed by atoms with van der Waals surface area (Å²) in [5.41, 5.74) is 4.37. The zero-order chi connectivity index (χ0) is 18.3. The van der Waals surface area contributed by atoms with Gasteiger partial charge in [0, 0.05) is 17.4 Å². The van der Waals surface area contributed by atoms with E-state index in [2.05, 4.69) is 23.2 Å². The fourth-order valence-corrected chi connectivity index (χ4v) is 4.70. The van der Waals surface area contributed by atoms with Gasteiger partial charge in [-0.2, -0.15) is 0 Å². The third kappa shape index (κ3) is 2.84. The molecule has 0 fully saturated rings. The van der Waals surface area contributed by atoms with Crippen LogP contribution in [0.25, 0.3) is 21.3 Å². The third-order valence-corrected chi connectivity index (χ3v) is 5.91. The van der Waals surface area contributed by atoms with Gasteiger partial charge >= 0.3 is 5.97 Å². The van der Waals surface area contributed by atoms with E-state index >= 15 is 0 Å². The van der Waals surface area contributed by atoms with Crippen LogP contribution in [0.15, 0.2) is 28.4 Å². The van der Waals surface area contributed by atoms with E-state index in [4.69, 9.17) is 5.11 Å². The second kappa shape index (κ2) is 6.68. The molecule has 2 heterocycles. The van der Waals surface area contributed by atoms with Crippen LogP contribution in [0.3, 0.4) is 0 Å². The van der Waals surface area contributed by atoms with Crippen molar-refractivity contribution < 1.29 is 9.90 Å². The lowest BCUT2D eigenvalue weighted by Crippen LogP contribution is -2.28. The molecule has 26 heavy (non-hydrogen) atoms. The van der Waals surface area contributed by atoms with Crippen molar-refractivity contribution in [3.05, 3.63) is 50.9 Å². The molecule has 134 valence electrons. The molecule has 5 nitrogen and oxygen atoms in total. The Morgan fingerprint density at radius 2 is 2.04 bits per heavy atom. The summed E-state index contributed by atoms with van der Waals surface area (Å²) in [6.07, 6.45) is 5.15. The van der Waals surface area contributed by atoms with Crippen LogP contribution in [0, 0.1) is 0 Å². The number of carboxylic acids is 1. The molecule has 3 aromatic rings. The molecule has 0 radical (unpaired) electrons. The van der Waals surface area contributed by atoms with Gasteiger partial charge in [-0.3, -0.25) is 14.2 Å². The summed E-state index contributed by atoms with van der Waals surface area (Å²) >= 11 is 1.45. The molecule has 1 N–H and O–H groups in total. The normalized spacial score (nSPS) is 13.7. The molecule has 0 amide bonds. The average Bonchev–Trinajstić information content (AvgIpc) is 3.07. The topological polar surface area (TPSA) is 72.2 Å². The fourth-order valence-electron chi connectivity index (χ4n) is 3.75. The fraction of sp³-hybridized carbons (Fsp3) is 0.350. The zero-order valence-electron chi connectivity index (χ0n) is 14.6. The predicted octanol–water partition coefficient (Wildman–Crippen LogP) is 3.65. The van der Waals surface area contributed by atoms with Crippen molar-refractivity contribution in [2.75, 3.05) is 0 Å². The highest BCUT2D eigenvalue weighted by Gasteiger charge is 2.19. The predicted molar refractivity (Wildman–Crippen MR) is 103 cm³/mol. The molecule has 1 aromatic carbocycles. The van der Waals surface area contributed by atoms with Gasteiger partial charge < -0.3 is 5.11 Å². The number of aromatic nitrogens is 2. The molecule has 0 bridgehead atoms. The average molecular weight is 368 g/mol. The van der Waals surface area contributed by atoms with E-state index in [0.29, 0.717) is 22.5 Å². The van der Waals surface area contributed by atoms with E-state index in [1.54, 1.807) is 0 Å². The molecule has 0 atom stereocenters. The van der Waals surface area contributed by atoms with Gasteiger partial charge in [0.1, 0.15) is 17.2 Å². The number of hydrogen-bond acceptors (Lipinski definition) is 4. The van der Waals surface area contributed by atoms with E-state index in [-0.39, 0.29) is 12.1 Å². The molecule has 0 unspecified atom stereocenters. The van der Waals surface area contributed by atoms with Crippen molar-refractivity contribution in [2.24, 2.45) is 0 Å². The molecule has 0 spiro atoms. The Kier molecular flexibility index (Phi) is 4.36. The Morgan fingerprint density at radius 1 is 1.27 bits per heavy atom. The smallest absolute Gasteiger partial charge is 0.323 e. The lowest BCUT2D eigenvalue weighted by atomic mass is 9.89. The van der Waals surface area contributed by atoms with Crippen LogP contribution in [0.1, 0.15) is 36.7 Å². The summed E-state index contributed by atoms with van der Waals surface area (Å²) in [4.78, 5) is 29.5. The Hall–Kier alpha value is -2.47. The van der Waals surface area contributed by atoms with E-state index in [9.17, 15) is 9.59 Å². The maximum absolute atomic E-state index is 13.1. The SMILES string of the molecule is CCc1nc2scc(-c3ccc4c(c3)CCCC4)c2c(=O)n1CC(=O)O. The van der Waals surface area contributed by atoms with Crippen molar-refractivity contribution in [3.8, 4) is 11.1 Å². The minimum atomic E-state index is -1.03. The van der Waals surface area contributed by atoms with Crippen molar-refractivity contribution in [3.63, 3.8) is 0 Å². The summed E-state index contributed by atoms with van der Waals surface area (Å²) in [6.45, 7) is 1.52. The zero-order valence-corrected chi connectivity index (χ0v) is 15.4.